The molecule has 246 valence electrons. The Balaban J connectivity index is 1.32. The van der Waals surface area contributed by atoms with Gasteiger partial charge in [-0.25, -0.2) is 9.78 Å². The smallest absolute Gasteiger partial charge is 0.408 e. The Hall–Kier alpha value is -5.72. The Kier molecular flexibility index (Phi) is 12.9. The normalized spacial score (nSPS) is 11.9. The molecule has 0 aliphatic heterocycles. The summed E-state index contributed by atoms with van der Waals surface area (Å²) in [4.78, 5) is 64.8. The van der Waals surface area contributed by atoms with E-state index in [0.717, 1.165) is 16.8 Å². The third-order valence-corrected chi connectivity index (χ3v) is 7.27. The highest BCUT2D eigenvalue weighted by Crippen LogP contribution is 2.13. The summed E-state index contributed by atoms with van der Waals surface area (Å²) in [5.74, 6) is -1.16. The Morgan fingerprint density at radius 3 is 2.38 bits per heavy atom. The van der Waals surface area contributed by atoms with Crippen LogP contribution in [0.25, 0.3) is 0 Å². The molecule has 5 N–H and O–H groups in total. The molecule has 0 aliphatic carbocycles. The van der Waals surface area contributed by atoms with Crippen molar-refractivity contribution >= 4 is 23.8 Å². The summed E-state index contributed by atoms with van der Waals surface area (Å²) in [6, 6.07) is 19.2. The molecule has 0 saturated heterocycles. The van der Waals surface area contributed by atoms with E-state index in [2.05, 4.69) is 30.9 Å². The molecular weight excluding hydrogens is 602 g/mol. The third kappa shape index (κ3) is 11.6. The maximum atomic E-state index is 13.5. The topological polar surface area (TPSA) is 179 Å². The minimum Gasteiger partial charge on any atom is -0.508 e. The van der Waals surface area contributed by atoms with E-state index in [1.807, 2.05) is 48.5 Å². The predicted octanol–water partition coefficient (Wildman–Crippen LogP) is 2.28. The van der Waals surface area contributed by atoms with Crippen molar-refractivity contribution < 1.29 is 29.0 Å². The van der Waals surface area contributed by atoms with Gasteiger partial charge in [-0.1, -0.05) is 48.5 Å². The number of aromatic nitrogens is 3. The van der Waals surface area contributed by atoms with Gasteiger partial charge in [0.15, 0.2) is 0 Å². The van der Waals surface area contributed by atoms with Crippen LogP contribution in [0.2, 0.25) is 0 Å². The fourth-order valence-corrected chi connectivity index (χ4v) is 4.69. The molecule has 0 radical (unpaired) electrons. The number of carbonyl (C=O) groups excluding carboxylic acids is 4. The minimum absolute atomic E-state index is 0.0353. The van der Waals surface area contributed by atoms with Crippen LogP contribution in [-0.4, -0.2) is 81.0 Å². The van der Waals surface area contributed by atoms with Crippen molar-refractivity contribution in [2.24, 2.45) is 0 Å². The average molecular weight is 642 g/mol. The number of hydrogen-bond acceptors (Lipinski definition) is 8. The molecule has 2 atom stereocenters. The van der Waals surface area contributed by atoms with E-state index < -0.39 is 30.0 Å². The first-order chi connectivity index (χ1) is 22.8. The zero-order valence-corrected chi connectivity index (χ0v) is 26.1. The third-order valence-electron chi connectivity index (χ3n) is 7.27. The van der Waals surface area contributed by atoms with Gasteiger partial charge in [-0.15, -0.1) is 0 Å². The second-order valence-electron chi connectivity index (χ2n) is 10.9. The fraction of sp³-hybridized carbons (Fsp3) is 0.294. The number of likely N-dealkylation sites (N-methyl/N-ethyl adjacent to an activating group) is 1. The SMILES string of the molecule is CN(CCc1ccccn1)C(=O)[C@H](Cc1ccc(O)cc1)NC(=O)CCNC(=O)[C@H](Cc1cnc[nH]1)NC(=O)OCc1ccccc1. The van der Waals surface area contributed by atoms with E-state index in [4.69, 9.17) is 4.74 Å². The first-order valence-corrected chi connectivity index (χ1v) is 15.2. The number of pyridine rings is 1. The van der Waals surface area contributed by atoms with Gasteiger partial charge in [0, 0.05) is 69.6 Å². The van der Waals surface area contributed by atoms with Gasteiger partial charge in [-0.2, -0.15) is 0 Å². The molecule has 2 aromatic heterocycles. The Morgan fingerprint density at radius 2 is 1.68 bits per heavy atom. The van der Waals surface area contributed by atoms with E-state index in [0.29, 0.717) is 18.7 Å². The molecular formula is C34H39N7O6. The van der Waals surface area contributed by atoms with Crippen molar-refractivity contribution in [3.05, 3.63) is 114 Å². The summed E-state index contributed by atoms with van der Waals surface area (Å²) in [5, 5.41) is 17.7. The molecule has 13 nitrogen and oxygen atoms in total. The zero-order valence-electron chi connectivity index (χ0n) is 26.1. The van der Waals surface area contributed by atoms with Crippen molar-refractivity contribution in [3.8, 4) is 5.75 Å². The standard InChI is InChI=1S/C34H39N7O6/c1-41(18-15-26-9-5-6-16-36-26)33(45)30(19-24-10-12-28(42)13-11-24)39-31(43)14-17-37-32(44)29(20-27-21-35-23-38-27)40-34(46)47-22-25-7-3-2-4-8-25/h2-13,16,21,23,29-30,42H,14-15,17-20,22H2,1H3,(H,35,38)(H,37,44)(H,39,43)(H,40,46)/t29-,30-/m0/s1. The highest BCUT2D eigenvalue weighted by molar-refractivity contribution is 5.89. The van der Waals surface area contributed by atoms with Gasteiger partial charge < -0.3 is 35.7 Å². The molecule has 47 heavy (non-hydrogen) atoms. The van der Waals surface area contributed by atoms with Gasteiger partial charge in [-0.05, 0) is 35.4 Å². The summed E-state index contributed by atoms with van der Waals surface area (Å²) in [6.07, 6.45) is 4.68. The lowest BCUT2D eigenvalue weighted by molar-refractivity contribution is -0.135. The second-order valence-corrected chi connectivity index (χ2v) is 10.9. The number of ether oxygens (including phenoxy) is 1. The van der Waals surface area contributed by atoms with E-state index in [1.165, 1.54) is 18.5 Å². The Bertz CT molecular complexity index is 1570. The maximum Gasteiger partial charge on any atom is 0.408 e. The molecule has 2 heterocycles. The number of nitrogens with one attached hydrogen (secondary N) is 4. The van der Waals surface area contributed by atoms with Crippen molar-refractivity contribution in [1.29, 1.82) is 0 Å². The monoisotopic (exact) mass is 641 g/mol. The quantitative estimate of drug-likeness (QED) is 0.124. The number of amides is 4. The minimum atomic E-state index is -1.00. The van der Waals surface area contributed by atoms with Crippen LogP contribution in [0, 0.1) is 0 Å². The molecule has 0 saturated carbocycles. The molecule has 0 unspecified atom stereocenters. The van der Waals surface area contributed by atoms with Crippen LogP contribution in [0.15, 0.2) is 91.5 Å². The summed E-state index contributed by atoms with van der Waals surface area (Å²) < 4.78 is 5.28. The number of benzene rings is 2. The molecule has 0 aliphatic rings. The number of nitrogens with zero attached hydrogens (tertiary/aromatic N) is 3. The summed E-state index contributed by atoms with van der Waals surface area (Å²) >= 11 is 0. The van der Waals surface area contributed by atoms with Gasteiger partial charge in [0.1, 0.15) is 24.4 Å². The Morgan fingerprint density at radius 1 is 0.915 bits per heavy atom. The predicted molar refractivity (Wildman–Crippen MR) is 173 cm³/mol. The van der Waals surface area contributed by atoms with Gasteiger partial charge >= 0.3 is 6.09 Å². The number of H-pyrrole nitrogens is 1. The number of hydrogen-bond donors (Lipinski definition) is 5. The number of carbonyl (C=O) groups is 4. The van der Waals surface area contributed by atoms with Gasteiger partial charge in [-0.3, -0.25) is 19.4 Å². The van der Waals surface area contributed by atoms with Crippen molar-refractivity contribution in [2.45, 2.75) is 44.4 Å². The largest absolute Gasteiger partial charge is 0.508 e. The molecule has 0 bridgehead atoms. The molecule has 4 rings (SSSR count). The zero-order chi connectivity index (χ0) is 33.4. The average Bonchev–Trinajstić information content (AvgIpc) is 3.60. The number of phenols is 1. The molecule has 4 aromatic rings. The lowest BCUT2D eigenvalue weighted by Gasteiger charge is -2.25. The summed E-state index contributed by atoms with van der Waals surface area (Å²) in [6.45, 7) is 0.389. The van der Waals surface area contributed by atoms with E-state index in [-0.39, 0.29) is 44.1 Å². The van der Waals surface area contributed by atoms with E-state index >= 15 is 0 Å². The van der Waals surface area contributed by atoms with Crippen molar-refractivity contribution in [3.63, 3.8) is 0 Å². The molecule has 0 spiro atoms. The highest BCUT2D eigenvalue weighted by atomic mass is 16.5. The van der Waals surface area contributed by atoms with Gasteiger partial charge in [0.2, 0.25) is 17.7 Å². The van der Waals surface area contributed by atoms with Crippen molar-refractivity contribution in [1.82, 2.24) is 35.8 Å². The number of aromatic hydroxyl groups is 1. The van der Waals surface area contributed by atoms with Crippen LogP contribution in [0.1, 0.15) is 28.9 Å². The van der Waals surface area contributed by atoms with Crippen LogP contribution >= 0.6 is 0 Å². The van der Waals surface area contributed by atoms with Crippen LogP contribution in [0.3, 0.4) is 0 Å². The summed E-state index contributed by atoms with van der Waals surface area (Å²) in [5.41, 5.74) is 3.00. The number of phenolic OH excluding ortho intramolecular Hbond substituents is 1. The highest BCUT2D eigenvalue weighted by Gasteiger charge is 2.26. The van der Waals surface area contributed by atoms with Crippen LogP contribution in [0.4, 0.5) is 4.79 Å². The fourth-order valence-electron chi connectivity index (χ4n) is 4.69. The van der Waals surface area contributed by atoms with Crippen molar-refractivity contribution in [2.75, 3.05) is 20.1 Å². The second kappa shape index (κ2) is 17.7. The number of alkyl carbamates (subject to hydrolysis) is 1. The number of rotatable bonds is 16. The molecule has 2 aromatic carbocycles. The van der Waals surface area contributed by atoms with Crippen LogP contribution in [0.5, 0.6) is 5.75 Å². The first-order valence-electron chi connectivity index (χ1n) is 15.2. The number of imidazole rings is 1. The van der Waals surface area contributed by atoms with Gasteiger partial charge in [0.25, 0.3) is 0 Å². The van der Waals surface area contributed by atoms with Gasteiger partial charge in [0.05, 0.1) is 6.33 Å². The molecule has 13 heteroatoms. The van der Waals surface area contributed by atoms with Crippen LogP contribution in [-0.2, 0) is 45.0 Å². The lowest BCUT2D eigenvalue weighted by atomic mass is 10.0. The Labute approximate surface area is 272 Å². The van der Waals surface area contributed by atoms with Crippen LogP contribution < -0.4 is 16.0 Å². The van der Waals surface area contributed by atoms with E-state index in [1.54, 1.807) is 36.5 Å². The first kappa shape index (κ1) is 34.2. The molecule has 0 fully saturated rings. The van der Waals surface area contributed by atoms with E-state index in [9.17, 15) is 24.3 Å². The number of aromatic amines is 1. The lowest BCUT2D eigenvalue weighted by Crippen LogP contribution is -2.50. The summed E-state index contributed by atoms with van der Waals surface area (Å²) in [7, 11) is 1.67. The maximum absolute atomic E-state index is 13.5. The molecule has 4 amide bonds.